The maximum absolute atomic E-state index is 8.15. The molecule has 0 spiro atoms. The van der Waals surface area contributed by atoms with Crippen molar-refractivity contribution in [2.45, 2.75) is 0 Å². The van der Waals surface area contributed by atoms with E-state index in [-0.39, 0.29) is 43.3 Å². The van der Waals surface area contributed by atoms with Crippen LogP contribution in [0.25, 0.3) is 0 Å². The molecule has 60 valence electrons. The van der Waals surface area contributed by atoms with Crippen LogP contribution in [0.15, 0.2) is 0 Å². The Kier molecular flexibility index (Phi) is 28.6. The van der Waals surface area contributed by atoms with Crippen LogP contribution in [0.5, 0.6) is 0 Å². The molecular weight excluding hydrogens is 235 g/mol. The Morgan fingerprint density at radius 2 is 1.33 bits per heavy atom. The molecule has 0 amide bonds. The third-order valence-corrected chi connectivity index (χ3v) is 0.577. The molecule has 6 N–H and O–H groups in total. The first-order valence-electron chi connectivity index (χ1n) is 2.34. The van der Waals surface area contributed by atoms with Crippen LogP contribution in [-0.4, -0.2) is 36.5 Å². The molecule has 0 aliphatic rings. The summed E-state index contributed by atoms with van der Waals surface area (Å²) in [6, 6.07) is 0. The van der Waals surface area contributed by atoms with Crippen molar-refractivity contribution in [2.24, 2.45) is 0 Å². The van der Waals surface area contributed by atoms with Gasteiger partial charge in [0.05, 0.1) is 13.2 Å². The molecule has 0 aliphatic heterocycles. The molecule has 0 saturated heterocycles. The second kappa shape index (κ2) is 15.8. The summed E-state index contributed by atoms with van der Waals surface area (Å²) in [6.45, 7) is 1.42. The molecule has 0 rings (SSSR count). The van der Waals surface area contributed by atoms with E-state index in [4.69, 9.17) is 10.2 Å². The first-order valence-corrected chi connectivity index (χ1v) is 2.34. The van der Waals surface area contributed by atoms with Crippen LogP contribution >= 0.6 is 24.0 Å². The summed E-state index contributed by atoms with van der Waals surface area (Å²) in [7, 11) is 0. The van der Waals surface area contributed by atoms with Gasteiger partial charge in [0, 0.05) is 13.1 Å². The SMILES string of the molecule is I.N.OCCNCCO. The van der Waals surface area contributed by atoms with Gasteiger partial charge in [-0.15, -0.1) is 24.0 Å². The van der Waals surface area contributed by atoms with E-state index >= 15 is 0 Å². The Labute approximate surface area is 72.3 Å². The van der Waals surface area contributed by atoms with Crippen LogP contribution in [0, 0.1) is 0 Å². The molecule has 0 unspecified atom stereocenters. The zero-order valence-electron chi connectivity index (χ0n) is 5.34. The van der Waals surface area contributed by atoms with Gasteiger partial charge < -0.3 is 21.7 Å². The molecule has 0 fully saturated rings. The highest BCUT2D eigenvalue weighted by Gasteiger charge is 1.78. The van der Waals surface area contributed by atoms with E-state index in [1.807, 2.05) is 0 Å². The summed E-state index contributed by atoms with van der Waals surface area (Å²) < 4.78 is 0. The maximum Gasteiger partial charge on any atom is 0.0555 e. The highest BCUT2D eigenvalue weighted by atomic mass is 127. The van der Waals surface area contributed by atoms with Gasteiger partial charge in [0.25, 0.3) is 0 Å². The van der Waals surface area contributed by atoms with Gasteiger partial charge in [0.1, 0.15) is 0 Å². The third-order valence-electron chi connectivity index (χ3n) is 0.577. The van der Waals surface area contributed by atoms with Crippen molar-refractivity contribution in [3.05, 3.63) is 0 Å². The number of aliphatic hydroxyl groups excluding tert-OH is 2. The minimum Gasteiger partial charge on any atom is -0.395 e. The van der Waals surface area contributed by atoms with Crippen molar-refractivity contribution in [3.63, 3.8) is 0 Å². The average molecular weight is 250 g/mol. The van der Waals surface area contributed by atoms with Crippen LogP contribution in [0.4, 0.5) is 0 Å². The van der Waals surface area contributed by atoms with Gasteiger partial charge >= 0.3 is 0 Å². The van der Waals surface area contributed by atoms with Gasteiger partial charge in [-0.3, -0.25) is 0 Å². The molecule has 0 radical (unpaired) electrons. The minimum absolute atomic E-state index is 0. The standard InChI is InChI=1S/C4H11NO2.HI.H3N/c6-3-1-5-2-4-7;;/h5-7H,1-4H2;1H;1H3. The summed E-state index contributed by atoms with van der Waals surface area (Å²) in [5.74, 6) is 0. The molecule has 0 aromatic carbocycles. The van der Waals surface area contributed by atoms with Crippen molar-refractivity contribution in [1.82, 2.24) is 11.5 Å². The predicted molar refractivity (Wildman–Crippen MR) is 47.5 cm³/mol. The molecule has 9 heavy (non-hydrogen) atoms. The predicted octanol–water partition coefficient (Wildman–Crippen LogP) is -0.659. The summed E-state index contributed by atoms with van der Waals surface area (Å²) >= 11 is 0. The smallest absolute Gasteiger partial charge is 0.0555 e. The van der Waals surface area contributed by atoms with Crippen molar-refractivity contribution in [2.75, 3.05) is 26.3 Å². The van der Waals surface area contributed by atoms with Crippen molar-refractivity contribution < 1.29 is 10.2 Å². The highest BCUT2D eigenvalue weighted by Crippen LogP contribution is 1.54. The number of aliphatic hydroxyl groups is 2. The van der Waals surface area contributed by atoms with Gasteiger partial charge in [0.2, 0.25) is 0 Å². The third kappa shape index (κ3) is 17.7. The Morgan fingerprint density at radius 3 is 1.56 bits per heavy atom. The molecule has 0 atom stereocenters. The van der Waals surface area contributed by atoms with E-state index in [1.54, 1.807) is 0 Å². The minimum atomic E-state index is 0. The van der Waals surface area contributed by atoms with Gasteiger partial charge in [0.15, 0.2) is 0 Å². The van der Waals surface area contributed by atoms with E-state index in [9.17, 15) is 0 Å². The molecule has 0 aromatic rings. The monoisotopic (exact) mass is 250 g/mol. The Balaban J connectivity index is -0.000000180. The summed E-state index contributed by atoms with van der Waals surface area (Å²) in [5.41, 5.74) is 0. The lowest BCUT2D eigenvalue weighted by atomic mass is 10.6. The number of halogens is 1. The maximum atomic E-state index is 8.15. The lowest BCUT2D eigenvalue weighted by Crippen LogP contribution is -2.21. The van der Waals surface area contributed by atoms with Gasteiger partial charge in [-0.2, -0.15) is 0 Å². The van der Waals surface area contributed by atoms with E-state index in [0.717, 1.165) is 0 Å². The van der Waals surface area contributed by atoms with Gasteiger partial charge in [-0.05, 0) is 0 Å². The second-order valence-corrected chi connectivity index (χ2v) is 1.20. The first-order chi connectivity index (χ1) is 3.41. The summed E-state index contributed by atoms with van der Waals surface area (Å²) in [4.78, 5) is 0. The van der Waals surface area contributed by atoms with E-state index in [1.165, 1.54) is 0 Å². The van der Waals surface area contributed by atoms with Crippen LogP contribution < -0.4 is 11.5 Å². The zero-order valence-corrected chi connectivity index (χ0v) is 7.67. The number of hydrogen-bond acceptors (Lipinski definition) is 4. The van der Waals surface area contributed by atoms with E-state index in [2.05, 4.69) is 5.32 Å². The largest absolute Gasteiger partial charge is 0.395 e. The Bertz CT molecular complexity index is 35.7. The Hall–Kier alpha value is 0.570. The van der Waals surface area contributed by atoms with E-state index < -0.39 is 0 Å². The van der Waals surface area contributed by atoms with Crippen LogP contribution in [0.2, 0.25) is 0 Å². The molecule has 0 heterocycles. The zero-order chi connectivity index (χ0) is 5.54. The molecule has 4 nitrogen and oxygen atoms in total. The molecular formula is C4H15IN2O2. The quantitative estimate of drug-likeness (QED) is 0.394. The topological polar surface area (TPSA) is 87.5 Å². The number of nitrogens with one attached hydrogen (secondary N) is 1. The van der Waals surface area contributed by atoms with Crippen LogP contribution in [0.1, 0.15) is 0 Å². The lowest BCUT2D eigenvalue weighted by molar-refractivity contribution is 0.267. The molecule has 0 aromatic heterocycles. The van der Waals surface area contributed by atoms with Gasteiger partial charge in [-0.25, -0.2) is 0 Å². The van der Waals surface area contributed by atoms with Crippen molar-refractivity contribution in [3.8, 4) is 0 Å². The molecule has 0 saturated carbocycles. The lowest BCUT2D eigenvalue weighted by Gasteiger charge is -1.94. The summed E-state index contributed by atoms with van der Waals surface area (Å²) in [5, 5.41) is 19.1. The fourth-order valence-electron chi connectivity index (χ4n) is 0.283. The second-order valence-electron chi connectivity index (χ2n) is 1.20. The number of rotatable bonds is 4. The summed E-state index contributed by atoms with van der Waals surface area (Å²) in [6.07, 6.45) is 0. The highest BCUT2D eigenvalue weighted by molar-refractivity contribution is 14.0. The van der Waals surface area contributed by atoms with Crippen molar-refractivity contribution in [1.29, 1.82) is 0 Å². The fraction of sp³-hybridized carbons (Fsp3) is 1.00. The van der Waals surface area contributed by atoms with Gasteiger partial charge in [-0.1, -0.05) is 0 Å². The Morgan fingerprint density at radius 1 is 1.00 bits per heavy atom. The number of hydrogen-bond donors (Lipinski definition) is 4. The molecule has 0 aliphatic carbocycles. The molecule has 0 bridgehead atoms. The average Bonchev–Trinajstić information content (AvgIpc) is 1.69. The van der Waals surface area contributed by atoms with Crippen LogP contribution in [-0.2, 0) is 0 Å². The van der Waals surface area contributed by atoms with E-state index in [0.29, 0.717) is 13.1 Å². The molecule has 5 heteroatoms. The normalized spacial score (nSPS) is 7.33. The fourth-order valence-corrected chi connectivity index (χ4v) is 0.283. The first kappa shape index (κ1) is 16.3. The van der Waals surface area contributed by atoms with Crippen LogP contribution in [0.3, 0.4) is 0 Å². The van der Waals surface area contributed by atoms with Crippen molar-refractivity contribution >= 4 is 24.0 Å².